The highest BCUT2D eigenvalue weighted by Gasteiger charge is 2.17. The first-order valence-electron chi connectivity index (χ1n) is 7.30. The Morgan fingerprint density at radius 2 is 1.90 bits per heavy atom. The van der Waals surface area contributed by atoms with E-state index in [1.165, 1.54) is 5.56 Å². The van der Waals surface area contributed by atoms with Crippen molar-refractivity contribution >= 4 is 17.6 Å². The van der Waals surface area contributed by atoms with Gasteiger partial charge in [0.25, 0.3) is 0 Å². The fourth-order valence-corrected chi connectivity index (χ4v) is 2.04. The molecule has 0 bridgehead atoms. The van der Waals surface area contributed by atoms with Crippen LogP contribution in [0.2, 0.25) is 5.02 Å². The van der Waals surface area contributed by atoms with Gasteiger partial charge in [0.2, 0.25) is 0 Å². The molecule has 118 valence electrons. The summed E-state index contributed by atoms with van der Waals surface area (Å²) in [6, 6.07) is 7.59. The third-order valence-corrected chi connectivity index (χ3v) is 3.61. The number of hydrogen-bond donors (Lipinski definition) is 3. The molecule has 0 heterocycles. The SMILES string of the molecule is CC(C)(CCO)CNC(=O)NCCCc1ccc(Cl)cc1. The van der Waals surface area contributed by atoms with E-state index in [9.17, 15) is 4.79 Å². The molecule has 0 aliphatic rings. The van der Waals surface area contributed by atoms with Crippen molar-refractivity contribution in [2.75, 3.05) is 19.7 Å². The number of urea groups is 1. The van der Waals surface area contributed by atoms with Gasteiger partial charge in [-0.2, -0.15) is 0 Å². The van der Waals surface area contributed by atoms with E-state index in [1.807, 2.05) is 38.1 Å². The summed E-state index contributed by atoms with van der Waals surface area (Å²) in [6.45, 7) is 5.36. The van der Waals surface area contributed by atoms with Crippen molar-refractivity contribution in [1.29, 1.82) is 0 Å². The molecular formula is C16H25ClN2O2. The average molecular weight is 313 g/mol. The molecule has 1 aromatic carbocycles. The maximum atomic E-state index is 11.6. The third-order valence-electron chi connectivity index (χ3n) is 3.36. The highest BCUT2D eigenvalue weighted by atomic mass is 35.5. The lowest BCUT2D eigenvalue weighted by atomic mass is 9.90. The number of carbonyl (C=O) groups excluding carboxylic acids is 1. The molecule has 0 atom stereocenters. The zero-order valence-electron chi connectivity index (χ0n) is 12.8. The first-order chi connectivity index (χ1) is 9.93. The van der Waals surface area contributed by atoms with Crippen molar-refractivity contribution < 1.29 is 9.90 Å². The Labute approximate surface area is 131 Å². The molecule has 0 radical (unpaired) electrons. The van der Waals surface area contributed by atoms with Gasteiger partial charge in [0.05, 0.1) is 0 Å². The number of hydrogen-bond acceptors (Lipinski definition) is 2. The van der Waals surface area contributed by atoms with E-state index in [0.717, 1.165) is 17.9 Å². The van der Waals surface area contributed by atoms with Crippen molar-refractivity contribution in [3.63, 3.8) is 0 Å². The van der Waals surface area contributed by atoms with Gasteiger partial charge in [-0.1, -0.05) is 37.6 Å². The van der Waals surface area contributed by atoms with Crippen LogP contribution in [0.1, 0.15) is 32.3 Å². The van der Waals surface area contributed by atoms with Gasteiger partial charge in [0.15, 0.2) is 0 Å². The maximum absolute atomic E-state index is 11.6. The summed E-state index contributed by atoms with van der Waals surface area (Å²) in [5.41, 5.74) is 1.13. The molecule has 0 fully saturated rings. The predicted molar refractivity (Wildman–Crippen MR) is 86.7 cm³/mol. The molecule has 5 heteroatoms. The van der Waals surface area contributed by atoms with Gasteiger partial charge in [-0.15, -0.1) is 0 Å². The molecule has 0 aromatic heterocycles. The molecule has 0 saturated heterocycles. The minimum atomic E-state index is -0.155. The second-order valence-corrected chi connectivity index (χ2v) is 6.41. The van der Waals surface area contributed by atoms with Crippen LogP contribution in [0, 0.1) is 5.41 Å². The smallest absolute Gasteiger partial charge is 0.314 e. The Kier molecular flexibility index (Phi) is 7.54. The number of halogens is 1. The molecule has 0 aliphatic carbocycles. The van der Waals surface area contributed by atoms with E-state index in [1.54, 1.807) is 0 Å². The largest absolute Gasteiger partial charge is 0.396 e. The average Bonchev–Trinajstić information content (AvgIpc) is 2.43. The molecule has 2 amide bonds. The number of aryl methyl sites for hydroxylation is 1. The fraction of sp³-hybridized carbons (Fsp3) is 0.562. The van der Waals surface area contributed by atoms with Gasteiger partial charge in [0, 0.05) is 24.7 Å². The Morgan fingerprint density at radius 1 is 1.24 bits per heavy atom. The Balaban J connectivity index is 2.15. The van der Waals surface area contributed by atoms with E-state index < -0.39 is 0 Å². The van der Waals surface area contributed by atoms with Gasteiger partial charge < -0.3 is 15.7 Å². The van der Waals surface area contributed by atoms with Crippen LogP contribution < -0.4 is 10.6 Å². The lowest BCUT2D eigenvalue weighted by molar-refractivity contribution is 0.201. The van der Waals surface area contributed by atoms with Crippen LogP contribution in [0.15, 0.2) is 24.3 Å². The summed E-state index contributed by atoms with van der Waals surface area (Å²) in [5, 5.41) is 15.3. The number of amides is 2. The van der Waals surface area contributed by atoms with Crippen LogP contribution in [-0.4, -0.2) is 30.8 Å². The highest BCUT2D eigenvalue weighted by molar-refractivity contribution is 6.30. The van der Waals surface area contributed by atoms with Crippen LogP contribution >= 0.6 is 11.6 Å². The first-order valence-corrected chi connectivity index (χ1v) is 7.68. The van der Waals surface area contributed by atoms with Crippen LogP contribution in [0.4, 0.5) is 4.79 Å². The Morgan fingerprint density at radius 3 is 2.52 bits per heavy atom. The van der Waals surface area contributed by atoms with Gasteiger partial charge in [-0.3, -0.25) is 0 Å². The molecule has 1 aromatic rings. The van der Waals surface area contributed by atoms with Crippen LogP contribution in [-0.2, 0) is 6.42 Å². The van der Waals surface area contributed by atoms with Crippen molar-refractivity contribution in [2.24, 2.45) is 5.41 Å². The third kappa shape index (κ3) is 7.93. The van der Waals surface area contributed by atoms with Crippen LogP contribution in [0.5, 0.6) is 0 Å². The summed E-state index contributed by atoms with van der Waals surface area (Å²) in [5.74, 6) is 0. The summed E-state index contributed by atoms with van der Waals surface area (Å²) in [7, 11) is 0. The molecule has 0 spiro atoms. The zero-order chi connectivity index (χ0) is 15.7. The van der Waals surface area contributed by atoms with Gasteiger partial charge in [0.1, 0.15) is 0 Å². The van der Waals surface area contributed by atoms with Crippen molar-refractivity contribution in [2.45, 2.75) is 33.1 Å². The number of nitrogens with one attached hydrogen (secondary N) is 2. The topological polar surface area (TPSA) is 61.4 Å². The summed E-state index contributed by atoms with van der Waals surface area (Å²) in [4.78, 5) is 11.6. The molecule has 0 unspecified atom stereocenters. The monoisotopic (exact) mass is 312 g/mol. The maximum Gasteiger partial charge on any atom is 0.314 e. The first kappa shape index (κ1) is 17.8. The Bertz CT molecular complexity index is 432. The summed E-state index contributed by atoms with van der Waals surface area (Å²) < 4.78 is 0. The second kappa shape index (κ2) is 8.90. The number of aliphatic hydroxyl groups is 1. The standard InChI is InChI=1S/C16H25ClN2O2/c1-16(2,9-11-20)12-19-15(21)18-10-3-4-13-5-7-14(17)8-6-13/h5-8,20H,3-4,9-12H2,1-2H3,(H2,18,19,21). The number of rotatable bonds is 8. The van der Waals surface area contributed by atoms with E-state index in [-0.39, 0.29) is 18.1 Å². The molecule has 0 saturated carbocycles. The molecule has 0 aliphatic heterocycles. The minimum absolute atomic E-state index is 0.0879. The number of carbonyl (C=O) groups is 1. The lowest BCUT2D eigenvalue weighted by Gasteiger charge is -2.23. The van der Waals surface area contributed by atoms with Gasteiger partial charge in [-0.05, 0) is 42.4 Å². The summed E-state index contributed by atoms with van der Waals surface area (Å²) >= 11 is 5.83. The molecular weight excluding hydrogens is 288 g/mol. The number of aliphatic hydroxyl groups excluding tert-OH is 1. The van der Waals surface area contributed by atoms with Crippen molar-refractivity contribution in [3.8, 4) is 0 Å². The van der Waals surface area contributed by atoms with Crippen LogP contribution in [0.3, 0.4) is 0 Å². The van der Waals surface area contributed by atoms with Crippen molar-refractivity contribution in [3.05, 3.63) is 34.9 Å². The predicted octanol–water partition coefficient (Wildman–Crippen LogP) is 2.98. The van der Waals surface area contributed by atoms with E-state index in [0.29, 0.717) is 19.5 Å². The normalized spacial score (nSPS) is 11.2. The van der Waals surface area contributed by atoms with Crippen LogP contribution in [0.25, 0.3) is 0 Å². The zero-order valence-corrected chi connectivity index (χ0v) is 13.5. The Hall–Kier alpha value is -1.26. The molecule has 4 nitrogen and oxygen atoms in total. The van der Waals surface area contributed by atoms with E-state index >= 15 is 0 Å². The molecule has 1 rings (SSSR count). The molecule has 21 heavy (non-hydrogen) atoms. The second-order valence-electron chi connectivity index (χ2n) is 5.98. The van der Waals surface area contributed by atoms with E-state index in [4.69, 9.17) is 16.7 Å². The number of benzene rings is 1. The highest BCUT2D eigenvalue weighted by Crippen LogP contribution is 2.17. The van der Waals surface area contributed by atoms with Gasteiger partial charge >= 0.3 is 6.03 Å². The molecule has 3 N–H and O–H groups in total. The minimum Gasteiger partial charge on any atom is -0.396 e. The lowest BCUT2D eigenvalue weighted by Crippen LogP contribution is -2.41. The van der Waals surface area contributed by atoms with Gasteiger partial charge in [-0.25, -0.2) is 4.79 Å². The van der Waals surface area contributed by atoms with E-state index in [2.05, 4.69) is 10.6 Å². The van der Waals surface area contributed by atoms with Crippen molar-refractivity contribution in [1.82, 2.24) is 10.6 Å². The quantitative estimate of drug-likeness (QED) is 0.646. The summed E-state index contributed by atoms with van der Waals surface area (Å²) in [6.07, 6.45) is 2.46. The fourth-order valence-electron chi connectivity index (χ4n) is 1.92.